The number of nitrogens with one attached hydrogen (secondary N) is 1. The van der Waals surface area contributed by atoms with Crippen molar-refractivity contribution in [2.45, 2.75) is 23.5 Å². The Hall–Kier alpha value is -1.97. The highest BCUT2D eigenvalue weighted by Crippen LogP contribution is 2.30. The molecule has 0 aliphatic heterocycles. The molecule has 0 aliphatic carbocycles. The third-order valence-corrected chi connectivity index (χ3v) is 5.07. The van der Waals surface area contributed by atoms with Gasteiger partial charge in [-0.1, -0.05) is 35.0 Å². The van der Waals surface area contributed by atoms with Crippen LogP contribution >= 0.6 is 35.0 Å². The number of hydrogen-bond acceptors (Lipinski definition) is 4. The quantitative estimate of drug-likeness (QED) is 0.575. The van der Waals surface area contributed by atoms with Crippen molar-refractivity contribution in [3.8, 4) is 0 Å². The van der Waals surface area contributed by atoms with Gasteiger partial charge in [0.1, 0.15) is 0 Å². The Balaban J connectivity index is 1.71. The summed E-state index contributed by atoms with van der Waals surface area (Å²) in [4.78, 5) is 12.3. The van der Waals surface area contributed by atoms with Gasteiger partial charge in [-0.25, -0.2) is 0 Å². The van der Waals surface area contributed by atoms with Crippen molar-refractivity contribution in [1.29, 1.82) is 0 Å². The van der Waals surface area contributed by atoms with E-state index < -0.39 is 22.9 Å². The van der Waals surface area contributed by atoms with Crippen LogP contribution in [0.4, 0.5) is 18.9 Å². The van der Waals surface area contributed by atoms with Crippen molar-refractivity contribution in [2.75, 3.05) is 5.32 Å². The van der Waals surface area contributed by atoms with Crippen molar-refractivity contribution in [3.63, 3.8) is 0 Å². The molecule has 1 amide bonds. The van der Waals surface area contributed by atoms with E-state index in [1.807, 2.05) is 0 Å². The predicted molar refractivity (Wildman–Crippen MR) is 98.4 cm³/mol. The summed E-state index contributed by atoms with van der Waals surface area (Å²) in [5, 5.41) is 11.0. The number of amides is 1. The number of fused-ring (bicyclic) bond motifs is 1. The second kappa shape index (κ2) is 7.57. The molecule has 1 unspecified atom stereocenters. The molecule has 0 bridgehead atoms. The zero-order valence-corrected chi connectivity index (χ0v) is 15.9. The van der Waals surface area contributed by atoms with Crippen molar-refractivity contribution < 1.29 is 18.0 Å². The number of rotatable bonds is 4. The number of alkyl halides is 3. The maximum absolute atomic E-state index is 12.6. The Kier molecular flexibility index (Phi) is 5.55. The molecule has 5 nitrogen and oxygen atoms in total. The van der Waals surface area contributed by atoms with Gasteiger partial charge >= 0.3 is 6.18 Å². The summed E-state index contributed by atoms with van der Waals surface area (Å²) >= 11 is 13.1. The van der Waals surface area contributed by atoms with E-state index in [0.717, 1.165) is 23.9 Å². The van der Waals surface area contributed by atoms with E-state index in [1.165, 1.54) is 18.2 Å². The van der Waals surface area contributed by atoms with Crippen LogP contribution < -0.4 is 5.32 Å². The molecule has 0 radical (unpaired) electrons. The van der Waals surface area contributed by atoms with E-state index in [1.54, 1.807) is 17.5 Å². The van der Waals surface area contributed by atoms with E-state index in [-0.39, 0.29) is 5.69 Å². The number of benzene rings is 1. The second-order valence-corrected chi connectivity index (χ2v) is 7.66. The molecule has 0 saturated carbocycles. The Labute approximate surface area is 165 Å². The van der Waals surface area contributed by atoms with E-state index in [9.17, 15) is 18.0 Å². The smallest absolute Gasteiger partial charge is 0.325 e. The molecule has 1 N–H and O–H groups in total. The van der Waals surface area contributed by atoms with Crippen LogP contribution in [0, 0.1) is 0 Å². The van der Waals surface area contributed by atoms with Gasteiger partial charge in [-0.2, -0.15) is 13.2 Å². The minimum Gasteiger partial charge on any atom is -0.325 e. The molecule has 3 rings (SSSR count). The van der Waals surface area contributed by atoms with Crippen molar-refractivity contribution in [3.05, 3.63) is 52.1 Å². The minimum absolute atomic E-state index is 0.262. The molecule has 3 aromatic rings. The molecule has 0 aliphatic rings. The number of anilines is 1. The first-order valence-corrected chi connectivity index (χ1v) is 9.13. The number of thioether (sulfide) groups is 1. The highest BCUT2D eigenvalue weighted by Gasteiger charge is 2.30. The van der Waals surface area contributed by atoms with E-state index in [2.05, 4.69) is 15.5 Å². The topological polar surface area (TPSA) is 59.3 Å². The molecule has 2 heterocycles. The summed E-state index contributed by atoms with van der Waals surface area (Å²) in [6.45, 7) is 1.64. The SMILES string of the molecule is CC(Sc1nnc2c(Cl)cc(Cl)cn12)C(=O)Nc1ccc(C(F)(F)F)cc1. The van der Waals surface area contributed by atoms with Crippen LogP contribution in [0.2, 0.25) is 10.0 Å². The van der Waals surface area contributed by atoms with Gasteiger partial charge in [0.05, 0.1) is 20.9 Å². The largest absolute Gasteiger partial charge is 0.416 e. The monoisotopic (exact) mass is 434 g/mol. The maximum atomic E-state index is 12.6. The lowest BCUT2D eigenvalue weighted by Crippen LogP contribution is -2.22. The normalized spacial score (nSPS) is 13.0. The van der Waals surface area contributed by atoms with Gasteiger partial charge in [0.15, 0.2) is 10.8 Å². The fourth-order valence-electron chi connectivity index (χ4n) is 2.18. The van der Waals surface area contributed by atoms with Gasteiger partial charge in [0, 0.05) is 11.9 Å². The van der Waals surface area contributed by atoms with Gasteiger partial charge in [-0.15, -0.1) is 10.2 Å². The average molecular weight is 435 g/mol. The average Bonchev–Trinajstić information content (AvgIpc) is 2.97. The molecule has 0 fully saturated rings. The number of halogens is 5. The zero-order chi connectivity index (χ0) is 19.8. The molecule has 142 valence electrons. The minimum atomic E-state index is -4.43. The first-order chi connectivity index (χ1) is 12.6. The van der Waals surface area contributed by atoms with Gasteiger partial charge < -0.3 is 5.32 Å². The van der Waals surface area contributed by atoms with Crippen molar-refractivity contribution in [1.82, 2.24) is 14.6 Å². The first-order valence-electron chi connectivity index (χ1n) is 7.49. The lowest BCUT2D eigenvalue weighted by molar-refractivity contribution is -0.137. The third-order valence-electron chi connectivity index (χ3n) is 3.53. The molecule has 0 saturated heterocycles. The number of pyridine rings is 1. The number of aromatic nitrogens is 3. The molecular weight excluding hydrogens is 424 g/mol. The number of carbonyl (C=O) groups excluding carboxylic acids is 1. The van der Waals surface area contributed by atoms with E-state index in [4.69, 9.17) is 23.2 Å². The van der Waals surface area contributed by atoms with Crippen LogP contribution in [0.3, 0.4) is 0 Å². The molecule has 1 aromatic carbocycles. The third kappa shape index (κ3) is 4.48. The molecule has 27 heavy (non-hydrogen) atoms. The first kappa shape index (κ1) is 19.8. The Morgan fingerprint density at radius 3 is 2.52 bits per heavy atom. The number of hydrogen-bond donors (Lipinski definition) is 1. The molecule has 1 atom stereocenters. The lowest BCUT2D eigenvalue weighted by atomic mass is 10.2. The summed E-state index contributed by atoms with van der Waals surface area (Å²) in [5.41, 5.74) is -0.122. The van der Waals surface area contributed by atoms with Gasteiger partial charge in [0.2, 0.25) is 5.91 Å². The predicted octanol–water partition coefficient (Wildman–Crippen LogP) is 5.17. The van der Waals surface area contributed by atoms with Gasteiger partial charge in [-0.05, 0) is 37.3 Å². The van der Waals surface area contributed by atoms with Gasteiger partial charge in [0.25, 0.3) is 0 Å². The van der Waals surface area contributed by atoms with E-state index in [0.29, 0.717) is 20.8 Å². The second-order valence-electron chi connectivity index (χ2n) is 5.51. The zero-order valence-electron chi connectivity index (χ0n) is 13.6. The van der Waals surface area contributed by atoms with Crippen LogP contribution in [0.25, 0.3) is 5.65 Å². The van der Waals surface area contributed by atoms with Gasteiger partial charge in [-0.3, -0.25) is 9.20 Å². The van der Waals surface area contributed by atoms with Crippen LogP contribution in [0.5, 0.6) is 0 Å². The highest BCUT2D eigenvalue weighted by atomic mass is 35.5. The molecule has 2 aromatic heterocycles. The molecule has 11 heteroatoms. The van der Waals surface area contributed by atoms with Crippen LogP contribution in [0.1, 0.15) is 12.5 Å². The van der Waals surface area contributed by atoms with Crippen molar-refractivity contribution in [2.24, 2.45) is 0 Å². The fraction of sp³-hybridized carbons (Fsp3) is 0.188. The summed E-state index contributed by atoms with van der Waals surface area (Å²) in [6.07, 6.45) is -2.85. The standard InChI is InChI=1S/C16H11Cl2F3N4OS/c1-8(14(26)22-11-4-2-9(3-5-11)16(19,20)21)27-15-24-23-13-12(18)6-10(17)7-25(13)15/h2-8H,1H3,(H,22,26). The highest BCUT2D eigenvalue weighted by molar-refractivity contribution is 8.00. The maximum Gasteiger partial charge on any atom is 0.416 e. The Morgan fingerprint density at radius 2 is 1.89 bits per heavy atom. The van der Waals surface area contributed by atoms with Crippen LogP contribution in [0.15, 0.2) is 41.7 Å². The summed E-state index contributed by atoms with van der Waals surface area (Å²) < 4.78 is 39.3. The summed E-state index contributed by atoms with van der Waals surface area (Å²) in [5.74, 6) is -0.398. The number of carbonyl (C=O) groups is 1. The Bertz CT molecular complexity index is 992. The summed E-state index contributed by atoms with van der Waals surface area (Å²) in [6, 6.07) is 5.74. The fourth-order valence-corrected chi connectivity index (χ4v) is 3.51. The van der Waals surface area contributed by atoms with Crippen LogP contribution in [-0.2, 0) is 11.0 Å². The lowest BCUT2D eigenvalue weighted by Gasteiger charge is -2.12. The molecular formula is C16H11Cl2F3N4OS. The van der Waals surface area contributed by atoms with Crippen molar-refractivity contribution >= 4 is 52.2 Å². The van der Waals surface area contributed by atoms with Crippen LogP contribution in [-0.4, -0.2) is 25.8 Å². The summed E-state index contributed by atoms with van der Waals surface area (Å²) in [7, 11) is 0. The number of nitrogens with zero attached hydrogens (tertiary/aromatic N) is 3. The Morgan fingerprint density at radius 1 is 1.22 bits per heavy atom. The molecule has 0 spiro atoms. The van der Waals surface area contributed by atoms with E-state index >= 15 is 0 Å².